The fourth-order valence-corrected chi connectivity index (χ4v) is 2.97. The first-order valence-electron chi connectivity index (χ1n) is 5.36. The summed E-state index contributed by atoms with van der Waals surface area (Å²) in [6.45, 7) is 1.74. The zero-order valence-electron chi connectivity index (χ0n) is 8.94. The molecule has 5 heteroatoms. The van der Waals surface area contributed by atoms with Crippen molar-refractivity contribution in [2.24, 2.45) is 0 Å². The third-order valence-corrected chi connectivity index (χ3v) is 4.06. The zero-order chi connectivity index (χ0) is 10.8. The summed E-state index contributed by atoms with van der Waals surface area (Å²) in [6.07, 6.45) is 3.35. The first kappa shape index (κ1) is 11.0. The number of rotatable bonds is 3. The van der Waals surface area contributed by atoms with Crippen LogP contribution in [0, 0.1) is 0 Å². The molecule has 0 saturated carbocycles. The molecule has 2 fully saturated rings. The van der Waals surface area contributed by atoms with Crippen molar-refractivity contribution in [3.05, 3.63) is 0 Å². The van der Waals surface area contributed by atoms with Crippen LogP contribution in [-0.2, 0) is 4.79 Å². The van der Waals surface area contributed by atoms with E-state index in [0.29, 0.717) is 18.3 Å². The Labute approximate surface area is 94.0 Å². The average Bonchev–Trinajstić information content (AvgIpc) is 2.73. The molecule has 0 aromatic carbocycles. The van der Waals surface area contributed by atoms with E-state index in [1.807, 2.05) is 0 Å². The topological polar surface area (TPSA) is 40.6 Å². The molecule has 2 rings (SSSR count). The van der Waals surface area contributed by atoms with E-state index in [-0.39, 0.29) is 11.1 Å². The molecule has 0 N–H and O–H groups in total. The van der Waals surface area contributed by atoms with Gasteiger partial charge in [0, 0.05) is 12.6 Å². The molecule has 0 radical (unpaired) electrons. The van der Waals surface area contributed by atoms with Crippen LogP contribution in [0.25, 0.3) is 0 Å². The van der Waals surface area contributed by atoms with Gasteiger partial charge in [0.25, 0.3) is 5.24 Å². The van der Waals surface area contributed by atoms with Gasteiger partial charge in [-0.2, -0.15) is 0 Å². The summed E-state index contributed by atoms with van der Waals surface area (Å²) in [6, 6.07) is 0.552. The highest BCUT2D eigenvalue weighted by Gasteiger charge is 2.31. The van der Waals surface area contributed by atoms with Crippen molar-refractivity contribution in [2.75, 3.05) is 25.9 Å². The predicted molar refractivity (Wildman–Crippen MR) is 59.8 cm³/mol. The minimum absolute atomic E-state index is 0.0225. The Bertz CT molecular complexity index is 267. The van der Waals surface area contributed by atoms with Crippen molar-refractivity contribution < 1.29 is 9.59 Å². The van der Waals surface area contributed by atoms with E-state index >= 15 is 0 Å². The number of nitrogens with zero attached hydrogens (tertiary/aromatic N) is 2. The Kier molecular flexibility index (Phi) is 3.31. The highest BCUT2D eigenvalue weighted by molar-refractivity contribution is 8.14. The summed E-state index contributed by atoms with van der Waals surface area (Å²) in [7, 11) is 2.11. The lowest BCUT2D eigenvalue weighted by molar-refractivity contribution is -0.124. The highest BCUT2D eigenvalue weighted by atomic mass is 32.2. The number of amides is 2. The van der Waals surface area contributed by atoms with E-state index in [9.17, 15) is 9.59 Å². The van der Waals surface area contributed by atoms with Gasteiger partial charge in [-0.1, -0.05) is 11.8 Å². The molecule has 1 atom stereocenters. The first-order chi connectivity index (χ1) is 7.18. The average molecular weight is 228 g/mol. The zero-order valence-corrected chi connectivity index (χ0v) is 9.76. The monoisotopic (exact) mass is 228 g/mol. The number of carbonyl (C=O) groups excluding carboxylic acids is 2. The van der Waals surface area contributed by atoms with Gasteiger partial charge in [-0.3, -0.25) is 14.5 Å². The van der Waals surface area contributed by atoms with Gasteiger partial charge in [0.2, 0.25) is 5.91 Å². The van der Waals surface area contributed by atoms with Gasteiger partial charge in [-0.15, -0.1) is 0 Å². The number of carbonyl (C=O) groups is 2. The van der Waals surface area contributed by atoms with E-state index in [4.69, 9.17) is 0 Å². The van der Waals surface area contributed by atoms with E-state index < -0.39 is 0 Å². The van der Waals surface area contributed by atoms with Crippen LogP contribution >= 0.6 is 11.8 Å². The minimum Gasteiger partial charge on any atom is -0.303 e. The van der Waals surface area contributed by atoms with Crippen LogP contribution in [0.1, 0.15) is 19.3 Å². The largest absolute Gasteiger partial charge is 0.303 e. The molecule has 2 heterocycles. The maximum Gasteiger partial charge on any atom is 0.288 e. The Morgan fingerprint density at radius 1 is 1.47 bits per heavy atom. The minimum atomic E-state index is -0.0688. The summed E-state index contributed by atoms with van der Waals surface area (Å²) in [5.41, 5.74) is 0. The molecule has 0 spiro atoms. The molecular formula is C10H16N2O2S. The second-order valence-electron chi connectivity index (χ2n) is 4.17. The fourth-order valence-electron chi connectivity index (χ4n) is 2.22. The predicted octanol–water partition coefficient (Wildman–Crippen LogP) is 1.17. The fraction of sp³-hybridized carbons (Fsp3) is 0.800. The lowest BCUT2D eigenvalue weighted by atomic mass is 10.1. The van der Waals surface area contributed by atoms with Gasteiger partial charge < -0.3 is 4.90 Å². The van der Waals surface area contributed by atoms with Gasteiger partial charge in [-0.25, -0.2) is 0 Å². The highest BCUT2D eigenvalue weighted by Crippen LogP contribution is 2.22. The van der Waals surface area contributed by atoms with Crippen molar-refractivity contribution in [3.63, 3.8) is 0 Å². The third kappa shape index (κ3) is 2.34. The van der Waals surface area contributed by atoms with Crippen molar-refractivity contribution in [1.82, 2.24) is 9.80 Å². The standard InChI is InChI=1S/C10H16N2O2S/c1-11-5-2-3-8(11)4-6-12-9(13)7-15-10(12)14/h8H,2-7H2,1H3. The lowest BCUT2D eigenvalue weighted by Crippen LogP contribution is -2.34. The summed E-state index contributed by atoms with van der Waals surface area (Å²) < 4.78 is 0. The van der Waals surface area contributed by atoms with Crippen LogP contribution in [0.2, 0.25) is 0 Å². The molecule has 0 aromatic rings. The van der Waals surface area contributed by atoms with E-state index in [0.717, 1.165) is 24.7 Å². The number of hydrogen-bond acceptors (Lipinski definition) is 4. The number of imide groups is 1. The van der Waals surface area contributed by atoms with E-state index in [1.165, 1.54) is 17.7 Å². The first-order valence-corrected chi connectivity index (χ1v) is 6.34. The van der Waals surface area contributed by atoms with Crippen LogP contribution in [0.15, 0.2) is 0 Å². The van der Waals surface area contributed by atoms with Gasteiger partial charge in [0.15, 0.2) is 0 Å². The summed E-state index contributed by atoms with van der Waals surface area (Å²) in [4.78, 5) is 26.4. The molecule has 4 nitrogen and oxygen atoms in total. The Balaban J connectivity index is 1.82. The molecule has 0 bridgehead atoms. The van der Waals surface area contributed by atoms with Crippen LogP contribution in [0.4, 0.5) is 4.79 Å². The molecular weight excluding hydrogens is 212 g/mol. The summed E-state index contributed by atoms with van der Waals surface area (Å²) in [5.74, 6) is 0.310. The van der Waals surface area contributed by atoms with Gasteiger partial charge >= 0.3 is 0 Å². The van der Waals surface area contributed by atoms with E-state index in [1.54, 1.807) is 0 Å². The Hall–Kier alpha value is -0.550. The second kappa shape index (κ2) is 4.53. The Morgan fingerprint density at radius 3 is 2.80 bits per heavy atom. The van der Waals surface area contributed by atoms with Crippen molar-refractivity contribution in [3.8, 4) is 0 Å². The number of hydrogen-bond donors (Lipinski definition) is 0. The smallest absolute Gasteiger partial charge is 0.288 e. The molecule has 2 aliphatic heterocycles. The number of thioether (sulfide) groups is 1. The molecule has 15 heavy (non-hydrogen) atoms. The van der Waals surface area contributed by atoms with Crippen molar-refractivity contribution in [2.45, 2.75) is 25.3 Å². The van der Waals surface area contributed by atoms with Crippen molar-refractivity contribution in [1.29, 1.82) is 0 Å². The van der Waals surface area contributed by atoms with Crippen LogP contribution < -0.4 is 0 Å². The van der Waals surface area contributed by atoms with Crippen LogP contribution in [-0.4, -0.2) is 52.9 Å². The third-order valence-electron chi connectivity index (χ3n) is 3.20. The summed E-state index contributed by atoms with van der Waals surface area (Å²) in [5, 5.41) is -0.0688. The van der Waals surface area contributed by atoms with Crippen LogP contribution in [0.3, 0.4) is 0 Å². The molecule has 0 aliphatic carbocycles. The van der Waals surface area contributed by atoms with Gasteiger partial charge in [0.05, 0.1) is 5.75 Å². The molecule has 2 amide bonds. The van der Waals surface area contributed by atoms with Gasteiger partial charge in [0.1, 0.15) is 0 Å². The molecule has 84 valence electrons. The number of likely N-dealkylation sites (tertiary alicyclic amines) is 1. The summed E-state index contributed by atoms with van der Waals surface area (Å²) >= 11 is 1.12. The molecule has 2 aliphatic rings. The second-order valence-corrected chi connectivity index (χ2v) is 5.09. The Morgan fingerprint density at radius 2 is 2.27 bits per heavy atom. The van der Waals surface area contributed by atoms with Crippen LogP contribution in [0.5, 0.6) is 0 Å². The van der Waals surface area contributed by atoms with Crippen molar-refractivity contribution >= 4 is 22.9 Å². The SMILES string of the molecule is CN1CCCC1CCN1C(=O)CSC1=O. The maximum absolute atomic E-state index is 11.3. The molecule has 0 aromatic heterocycles. The molecule has 1 unspecified atom stereocenters. The molecule has 2 saturated heterocycles. The normalized spacial score (nSPS) is 28.1. The lowest BCUT2D eigenvalue weighted by Gasteiger charge is -2.21. The maximum atomic E-state index is 11.3. The quantitative estimate of drug-likeness (QED) is 0.727. The van der Waals surface area contributed by atoms with E-state index in [2.05, 4.69) is 11.9 Å². The van der Waals surface area contributed by atoms with Gasteiger partial charge in [-0.05, 0) is 32.9 Å².